The fourth-order valence-corrected chi connectivity index (χ4v) is 8.38. The maximum absolute atomic E-state index is 4.87. The number of aromatic nitrogens is 6. The molecule has 0 amide bonds. The number of hydrogen-bond acceptors (Lipinski definition) is 6. The molecule has 0 saturated heterocycles. The number of para-hydroxylation sites is 2. The summed E-state index contributed by atoms with van der Waals surface area (Å²) in [5.41, 5.74) is 13.2. The Balaban J connectivity index is 1.09. The molecule has 0 atom stereocenters. The van der Waals surface area contributed by atoms with E-state index in [1.54, 1.807) is 0 Å². The lowest BCUT2D eigenvalue weighted by atomic mass is 9.98. The smallest absolute Gasteiger partial charge is 0.177 e. The van der Waals surface area contributed by atoms with Crippen molar-refractivity contribution in [3.8, 4) is 45.0 Å². The minimum Gasteiger partial charge on any atom is -0.388 e. The number of nitrogens with one attached hydrogen (secondary N) is 2. The van der Waals surface area contributed by atoms with Crippen molar-refractivity contribution in [2.45, 2.75) is 6.92 Å². The average molecular weight is 735 g/mol. The molecule has 0 aliphatic rings. The van der Waals surface area contributed by atoms with Crippen molar-refractivity contribution in [2.75, 3.05) is 24.7 Å². The van der Waals surface area contributed by atoms with Crippen LogP contribution in [0.5, 0.6) is 0 Å². The molecule has 0 unspecified atom stereocenters. The van der Waals surface area contributed by atoms with Crippen LogP contribution in [0.2, 0.25) is 0 Å². The molecule has 0 bridgehead atoms. The molecule has 2 N–H and O–H groups in total. The summed E-state index contributed by atoms with van der Waals surface area (Å²) in [7, 11) is 3.86. The van der Waals surface area contributed by atoms with Gasteiger partial charge in [-0.25, -0.2) is 0 Å². The van der Waals surface area contributed by atoms with Gasteiger partial charge in [0.15, 0.2) is 22.9 Å². The zero-order valence-electron chi connectivity index (χ0n) is 31.5. The third-order valence-electron chi connectivity index (χ3n) is 11.3. The van der Waals surface area contributed by atoms with Crippen LogP contribution >= 0.6 is 0 Å². The molecule has 0 spiro atoms. The van der Waals surface area contributed by atoms with Gasteiger partial charge in [-0.2, -0.15) is 0 Å². The molecule has 270 valence electrons. The highest BCUT2D eigenvalue weighted by Crippen LogP contribution is 2.39. The number of rotatable bonds is 6. The molecule has 11 rings (SSSR count). The van der Waals surface area contributed by atoms with Crippen molar-refractivity contribution >= 4 is 66.0 Å². The molecular formula is C49H34N8. The van der Waals surface area contributed by atoms with Crippen LogP contribution in [0.25, 0.3) is 99.7 Å². The average Bonchev–Trinajstić information content (AvgIpc) is 3.93. The van der Waals surface area contributed by atoms with Gasteiger partial charge in [0.05, 0.1) is 16.6 Å². The van der Waals surface area contributed by atoms with Gasteiger partial charge in [-0.1, -0.05) is 91.0 Å². The first-order chi connectivity index (χ1) is 28.1. The van der Waals surface area contributed by atoms with Crippen molar-refractivity contribution in [3.63, 3.8) is 0 Å². The maximum Gasteiger partial charge on any atom is 0.177 e. The Morgan fingerprint density at radius 3 is 1.53 bits per heavy atom. The van der Waals surface area contributed by atoms with Gasteiger partial charge < -0.3 is 10.6 Å². The molecule has 0 fully saturated rings. The van der Waals surface area contributed by atoms with E-state index < -0.39 is 0 Å². The van der Waals surface area contributed by atoms with Crippen LogP contribution < -0.4 is 10.6 Å². The molecule has 11 aromatic rings. The van der Waals surface area contributed by atoms with Gasteiger partial charge >= 0.3 is 0 Å². The first kappa shape index (κ1) is 32.7. The van der Waals surface area contributed by atoms with E-state index in [4.69, 9.17) is 20.4 Å². The lowest BCUT2D eigenvalue weighted by molar-refractivity contribution is 1.12. The molecule has 8 heteroatoms. The number of hydrogen-bond donors (Lipinski definition) is 2. The molecule has 0 radical (unpaired) electrons. The van der Waals surface area contributed by atoms with Crippen LogP contribution in [0.3, 0.4) is 0 Å². The molecule has 7 aromatic carbocycles. The molecule has 0 aliphatic heterocycles. The number of aryl methyl sites for hydroxylation is 1. The van der Waals surface area contributed by atoms with Gasteiger partial charge in [0.1, 0.15) is 0 Å². The number of fused-ring (bicyclic) bond motifs is 12. The van der Waals surface area contributed by atoms with Gasteiger partial charge in [-0.3, -0.25) is 8.80 Å². The van der Waals surface area contributed by atoms with Crippen LogP contribution in [0.15, 0.2) is 140 Å². The second-order valence-electron chi connectivity index (χ2n) is 14.4. The van der Waals surface area contributed by atoms with E-state index in [0.717, 1.165) is 111 Å². The minimum atomic E-state index is 0.719. The van der Waals surface area contributed by atoms with Crippen LogP contribution in [-0.2, 0) is 0 Å². The van der Waals surface area contributed by atoms with E-state index in [1.807, 2.05) is 14.1 Å². The first-order valence-corrected chi connectivity index (χ1v) is 19.0. The van der Waals surface area contributed by atoms with E-state index in [-0.39, 0.29) is 0 Å². The first-order valence-electron chi connectivity index (χ1n) is 19.0. The Bertz CT molecular complexity index is 3360. The topological polar surface area (TPSA) is 84.4 Å². The minimum absolute atomic E-state index is 0.719. The monoisotopic (exact) mass is 734 g/mol. The summed E-state index contributed by atoms with van der Waals surface area (Å²) in [4.78, 5) is 0. The Kier molecular flexibility index (Phi) is 7.25. The Morgan fingerprint density at radius 1 is 0.439 bits per heavy atom. The maximum atomic E-state index is 4.87. The third-order valence-corrected chi connectivity index (χ3v) is 11.3. The summed E-state index contributed by atoms with van der Waals surface area (Å²) >= 11 is 0. The Morgan fingerprint density at radius 2 is 0.947 bits per heavy atom. The van der Waals surface area contributed by atoms with Gasteiger partial charge in [0, 0.05) is 58.1 Å². The fraction of sp³-hybridized carbons (Fsp3) is 0.0612. The quantitative estimate of drug-likeness (QED) is 0.131. The number of benzene rings is 6. The van der Waals surface area contributed by atoms with Gasteiger partial charge in [0.2, 0.25) is 0 Å². The summed E-state index contributed by atoms with van der Waals surface area (Å²) in [5.74, 6) is 1.52. The van der Waals surface area contributed by atoms with Crippen molar-refractivity contribution in [1.82, 2.24) is 29.2 Å². The van der Waals surface area contributed by atoms with Gasteiger partial charge in [0.25, 0.3) is 0 Å². The highest BCUT2D eigenvalue weighted by Gasteiger charge is 2.21. The third kappa shape index (κ3) is 5.03. The van der Waals surface area contributed by atoms with Crippen molar-refractivity contribution in [3.05, 3.63) is 157 Å². The van der Waals surface area contributed by atoms with E-state index in [2.05, 4.69) is 178 Å². The van der Waals surface area contributed by atoms with E-state index in [9.17, 15) is 0 Å². The highest BCUT2D eigenvalue weighted by molar-refractivity contribution is 6.22. The van der Waals surface area contributed by atoms with E-state index in [0.29, 0.717) is 0 Å². The molecule has 0 saturated carbocycles. The Hall–Kier alpha value is -7.76. The van der Waals surface area contributed by atoms with Crippen molar-refractivity contribution in [1.29, 1.82) is 0 Å². The lowest BCUT2D eigenvalue weighted by Crippen LogP contribution is -1.97. The van der Waals surface area contributed by atoms with E-state index >= 15 is 0 Å². The number of anilines is 2. The summed E-state index contributed by atoms with van der Waals surface area (Å²) in [5, 5.41) is 32.1. The number of nitrogens with zero attached hydrogens (tertiary/aromatic N) is 6. The van der Waals surface area contributed by atoms with Crippen molar-refractivity contribution in [2.24, 2.45) is 0 Å². The van der Waals surface area contributed by atoms with E-state index in [1.165, 1.54) is 5.56 Å². The molecule has 57 heavy (non-hydrogen) atoms. The zero-order valence-corrected chi connectivity index (χ0v) is 31.5. The van der Waals surface area contributed by atoms with Gasteiger partial charge in [-0.05, 0) is 101 Å². The van der Waals surface area contributed by atoms with Crippen molar-refractivity contribution < 1.29 is 0 Å². The molecular weight excluding hydrogens is 701 g/mol. The van der Waals surface area contributed by atoms with Gasteiger partial charge in [-0.15, -0.1) is 20.4 Å². The normalized spacial score (nSPS) is 11.6. The second-order valence-corrected chi connectivity index (χ2v) is 14.4. The van der Waals surface area contributed by atoms with Crippen LogP contribution in [0.4, 0.5) is 11.4 Å². The lowest BCUT2D eigenvalue weighted by Gasteiger charge is -2.13. The van der Waals surface area contributed by atoms with Crippen LogP contribution in [-0.4, -0.2) is 43.3 Å². The zero-order chi connectivity index (χ0) is 38.2. The number of pyridine rings is 2. The van der Waals surface area contributed by atoms with Crippen LogP contribution in [0.1, 0.15) is 5.56 Å². The summed E-state index contributed by atoms with van der Waals surface area (Å²) in [6.45, 7) is 2.12. The highest BCUT2D eigenvalue weighted by atomic mass is 15.3. The summed E-state index contributed by atoms with van der Waals surface area (Å²) in [6, 6.07) is 55.8. The standard InChI is InChI=1S/C49H34N8/c1-29-26-36(51-3)24-25-37(29)32-14-18-34(19-15-32)47-53-55-49-43-28-40-38-8-4-6-10-44(38)56-46(33-16-12-30(13-17-33)31-20-22-35(50-2)23-21-31)52-54-48(56)42(40)27-41(43)39-9-5-7-11-45(39)57(47)49/h4-14,16-18,20-28,50-51H,1-3H3. The molecule has 4 heterocycles. The fourth-order valence-electron chi connectivity index (χ4n) is 8.38. The predicted molar refractivity (Wildman–Crippen MR) is 233 cm³/mol. The second kappa shape index (κ2) is 12.7. The molecule has 8 nitrogen and oxygen atoms in total. The SMILES string of the molecule is CNc1ccc(-c2ccc(-c3nnc4c5cc6c7ccccc7n7c(-c8c#cc(-c9ccc(NC)cc9C)cc8)nnc7c6cc5c5ccccc5n34)cc2)cc1. The largest absolute Gasteiger partial charge is 0.388 e. The van der Waals surface area contributed by atoms with Crippen LogP contribution in [0, 0.1) is 19.1 Å². The molecule has 4 aromatic heterocycles. The summed E-state index contributed by atoms with van der Waals surface area (Å²) in [6.07, 6.45) is 0. The molecule has 0 aliphatic carbocycles. The summed E-state index contributed by atoms with van der Waals surface area (Å²) < 4.78 is 4.35. The Labute approximate surface area is 328 Å². The predicted octanol–water partition coefficient (Wildman–Crippen LogP) is 11.0.